The minimum Gasteiger partial charge on any atom is -0.494 e. The van der Waals surface area contributed by atoms with Crippen molar-refractivity contribution in [2.45, 2.75) is 44.4 Å². The van der Waals surface area contributed by atoms with Crippen LogP contribution in [0.5, 0.6) is 5.75 Å². The molecule has 0 unspecified atom stereocenters. The maximum Gasteiger partial charge on any atom is 2.00 e. The van der Waals surface area contributed by atoms with Gasteiger partial charge in [0.2, 0.25) is 5.91 Å². The third-order valence-electron chi connectivity index (χ3n) is 8.35. The molecule has 0 radical (unpaired) electrons. The van der Waals surface area contributed by atoms with Crippen molar-refractivity contribution < 1.29 is 31.4 Å². The van der Waals surface area contributed by atoms with Crippen LogP contribution >= 0.6 is 0 Å². The van der Waals surface area contributed by atoms with Gasteiger partial charge in [0.15, 0.2) is 5.78 Å². The standard InChI is InChI=1S/C37H35N5O3.C5H6.Fe/c43-35(22-20-29-13-7-8-14-29)30-15-9-18-33(25-30)45-24-10-23-41-27-31(39-40-41)26-38-36-34(21-19-28-11-3-1-4-12-28)42(37(36)44)32-16-5-2-6-17-32;1-2-4-5-3-1;/h1-7,9,11-22,25,27,34,36,38H,8,10,23-24,26H2;1-4H,5H2;/q;;+2/b21-19+,22-20+;;/t34-,36+;;/m1../s1. The number of benzene rings is 3. The number of hydrogen-bond donors (Lipinski definition) is 1. The Balaban J connectivity index is 0.000000774. The van der Waals surface area contributed by atoms with Crippen LogP contribution in [0.3, 0.4) is 0 Å². The van der Waals surface area contributed by atoms with Crippen LogP contribution in [0, 0.1) is 0 Å². The first-order valence-corrected chi connectivity index (χ1v) is 17.0. The fourth-order valence-corrected chi connectivity index (χ4v) is 5.74. The van der Waals surface area contributed by atoms with Crippen LogP contribution in [-0.2, 0) is 35.0 Å². The van der Waals surface area contributed by atoms with Crippen LogP contribution < -0.4 is 15.0 Å². The Hall–Kier alpha value is -5.34. The summed E-state index contributed by atoms with van der Waals surface area (Å²) in [4.78, 5) is 27.6. The van der Waals surface area contributed by atoms with Crippen LogP contribution in [-0.4, -0.2) is 45.4 Å². The molecule has 51 heavy (non-hydrogen) atoms. The van der Waals surface area contributed by atoms with E-state index in [4.69, 9.17) is 4.74 Å². The minimum absolute atomic E-state index is 0. The van der Waals surface area contributed by atoms with Gasteiger partial charge < -0.3 is 9.64 Å². The van der Waals surface area contributed by atoms with Crippen molar-refractivity contribution in [1.29, 1.82) is 0 Å². The third kappa shape index (κ3) is 10.6. The molecular weight excluding hydrogens is 678 g/mol. The Morgan fingerprint density at radius 1 is 0.922 bits per heavy atom. The number of nitrogens with one attached hydrogen (secondary N) is 1. The molecule has 258 valence electrons. The molecule has 3 aromatic carbocycles. The Bertz CT molecular complexity index is 1920. The second-order valence-electron chi connectivity index (χ2n) is 12.0. The number of β-lactam (4-membered cyclic amide) rings is 1. The zero-order chi connectivity index (χ0) is 34.4. The molecule has 7 rings (SSSR count). The van der Waals surface area contributed by atoms with E-state index in [1.165, 1.54) is 0 Å². The van der Waals surface area contributed by atoms with Crippen LogP contribution in [0.15, 0.2) is 157 Å². The first-order valence-electron chi connectivity index (χ1n) is 17.0. The molecule has 1 N–H and O–H groups in total. The number of rotatable bonds is 14. The van der Waals surface area contributed by atoms with E-state index >= 15 is 0 Å². The number of aromatic nitrogens is 3. The summed E-state index contributed by atoms with van der Waals surface area (Å²) in [5, 5.41) is 11.9. The van der Waals surface area contributed by atoms with Gasteiger partial charge in [-0.3, -0.25) is 19.6 Å². The molecule has 3 aliphatic rings. The van der Waals surface area contributed by atoms with Crippen LogP contribution in [0.25, 0.3) is 6.08 Å². The summed E-state index contributed by atoms with van der Waals surface area (Å²) in [6, 6.07) is 26.6. The largest absolute Gasteiger partial charge is 2.00 e. The normalized spacial score (nSPS) is 17.3. The maximum atomic E-state index is 13.2. The molecular formula is C42H41FeN5O3+2. The number of anilines is 1. The first-order chi connectivity index (χ1) is 24.6. The van der Waals surface area contributed by atoms with Gasteiger partial charge in [0, 0.05) is 37.0 Å². The fraction of sp³-hybridized carbons (Fsp3) is 0.190. The molecule has 2 atom stereocenters. The SMILES string of the molecule is C1=CCC=C1.O=C(/C=C/C1=CCC=C1)c1cccc(OCCCn2cc(CN[C@@H]3C(=O)N(c4ccccc4)[C@@H]3/C=C/c3ccccc3)nn2)c1.[Fe+2]. The number of carbonyl (C=O) groups is 2. The molecule has 1 aliphatic heterocycles. The second kappa shape index (κ2) is 19.2. The number of carbonyl (C=O) groups excluding carboxylic acids is 2. The van der Waals surface area contributed by atoms with Gasteiger partial charge in [-0.25, -0.2) is 0 Å². The van der Waals surface area contributed by atoms with Gasteiger partial charge in [-0.2, -0.15) is 0 Å². The van der Waals surface area contributed by atoms with E-state index in [1.807, 2.05) is 96.0 Å². The number of para-hydroxylation sites is 1. The van der Waals surface area contributed by atoms with Gasteiger partial charge in [0.05, 0.1) is 18.3 Å². The Morgan fingerprint density at radius 3 is 2.43 bits per heavy atom. The zero-order valence-electron chi connectivity index (χ0n) is 28.3. The minimum atomic E-state index is -0.363. The van der Waals surface area contributed by atoms with Gasteiger partial charge in [-0.05, 0) is 54.3 Å². The summed E-state index contributed by atoms with van der Waals surface area (Å²) in [6.45, 7) is 1.53. The number of amides is 1. The molecule has 1 saturated heterocycles. The predicted octanol–water partition coefficient (Wildman–Crippen LogP) is 7.46. The number of nitrogens with zero attached hydrogens (tertiary/aromatic N) is 4. The fourth-order valence-electron chi connectivity index (χ4n) is 5.74. The average Bonchev–Trinajstić information content (AvgIpc) is 3.98. The van der Waals surface area contributed by atoms with E-state index in [0.717, 1.165) is 35.4 Å². The van der Waals surface area contributed by atoms with Crippen molar-refractivity contribution in [3.05, 3.63) is 174 Å². The molecule has 2 heterocycles. The predicted molar refractivity (Wildman–Crippen MR) is 199 cm³/mol. The van der Waals surface area contributed by atoms with Gasteiger partial charge >= 0.3 is 17.1 Å². The molecule has 1 aromatic heterocycles. The molecule has 0 spiro atoms. The first kappa shape index (κ1) is 36.9. The summed E-state index contributed by atoms with van der Waals surface area (Å²) >= 11 is 0. The number of ether oxygens (including phenoxy) is 1. The Kier molecular flexibility index (Phi) is 13.9. The van der Waals surface area contributed by atoms with Gasteiger partial charge in [0.25, 0.3) is 0 Å². The van der Waals surface area contributed by atoms with E-state index in [9.17, 15) is 9.59 Å². The maximum absolute atomic E-state index is 13.2. The van der Waals surface area contributed by atoms with E-state index in [0.29, 0.717) is 37.4 Å². The number of hydrogen-bond acceptors (Lipinski definition) is 6. The smallest absolute Gasteiger partial charge is 0.494 e. The van der Waals surface area contributed by atoms with Gasteiger partial charge in [-0.15, -0.1) is 5.10 Å². The average molecular weight is 720 g/mol. The van der Waals surface area contributed by atoms with Crippen LogP contribution in [0.2, 0.25) is 0 Å². The summed E-state index contributed by atoms with van der Waals surface area (Å²) in [7, 11) is 0. The van der Waals surface area contributed by atoms with E-state index < -0.39 is 0 Å². The Morgan fingerprint density at radius 2 is 1.71 bits per heavy atom. The summed E-state index contributed by atoms with van der Waals surface area (Å²) in [6.07, 6.45) is 26.7. The van der Waals surface area contributed by atoms with Crippen LogP contribution in [0.4, 0.5) is 5.69 Å². The van der Waals surface area contributed by atoms with Crippen molar-refractivity contribution in [3.8, 4) is 5.75 Å². The molecule has 4 aromatic rings. The topological polar surface area (TPSA) is 89.4 Å². The molecule has 0 saturated carbocycles. The monoisotopic (exact) mass is 719 g/mol. The third-order valence-corrected chi connectivity index (χ3v) is 8.35. The second-order valence-corrected chi connectivity index (χ2v) is 12.0. The van der Waals surface area contributed by atoms with Crippen molar-refractivity contribution in [3.63, 3.8) is 0 Å². The van der Waals surface area contributed by atoms with E-state index in [1.54, 1.807) is 22.9 Å². The molecule has 1 fully saturated rings. The molecule has 9 heteroatoms. The van der Waals surface area contributed by atoms with E-state index in [-0.39, 0.29) is 40.8 Å². The van der Waals surface area contributed by atoms with Gasteiger partial charge in [0.1, 0.15) is 11.8 Å². The molecule has 0 bridgehead atoms. The molecule has 1 amide bonds. The van der Waals surface area contributed by atoms with Crippen molar-refractivity contribution in [1.82, 2.24) is 20.3 Å². The molecule has 8 nitrogen and oxygen atoms in total. The van der Waals surface area contributed by atoms with Crippen molar-refractivity contribution in [2.24, 2.45) is 0 Å². The Labute approximate surface area is 310 Å². The van der Waals surface area contributed by atoms with Crippen LogP contribution in [0.1, 0.15) is 40.9 Å². The van der Waals surface area contributed by atoms with E-state index in [2.05, 4.69) is 64.2 Å². The zero-order valence-corrected chi connectivity index (χ0v) is 29.4. The number of allylic oxidation sites excluding steroid dienone is 10. The quantitative estimate of drug-likeness (QED) is 0.0479. The molecule has 2 aliphatic carbocycles. The summed E-state index contributed by atoms with van der Waals surface area (Å²) in [5.74, 6) is 0.627. The van der Waals surface area contributed by atoms with Crippen molar-refractivity contribution in [2.75, 3.05) is 11.5 Å². The number of aryl methyl sites for hydroxylation is 1. The van der Waals surface area contributed by atoms with Gasteiger partial charge in [-0.1, -0.05) is 127 Å². The summed E-state index contributed by atoms with van der Waals surface area (Å²) < 4.78 is 7.69. The van der Waals surface area contributed by atoms with Crippen molar-refractivity contribution >= 4 is 23.5 Å². The summed E-state index contributed by atoms with van der Waals surface area (Å²) in [5.41, 5.74) is 4.36. The number of ketones is 1.